The molecule has 0 bridgehead atoms. The number of ether oxygens (including phenoxy) is 1. The van der Waals surface area contributed by atoms with Gasteiger partial charge < -0.3 is 9.30 Å². The van der Waals surface area contributed by atoms with Crippen molar-refractivity contribution in [1.29, 1.82) is 0 Å². The first-order chi connectivity index (χ1) is 19.5. The zero-order valence-electron chi connectivity index (χ0n) is 23.2. The maximum atomic E-state index is 14.4. The van der Waals surface area contributed by atoms with Crippen molar-refractivity contribution in [3.63, 3.8) is 0 Å². The molecule has 1 aliphatic rings. The van der Waals surface area contributed by atoms with E-state index in [2.05, 4.69) is 15.3 Å². The molecule has 1 saturated carbocycles. The van der Waals surface area contributed by atoms with Gasteiger partial charge >= 0.3 is 0 Å². The van der Waals surface area contributed by atoms with Gasteiger partial charge in [-0.05, 0) is 37.3 Å². The van der Waals surface area contributed by atoms with E-state index >= 15 is 0 Å². The van der Waals surface area contributed by atoms with E-state index in [0.717, 1.165) is 23.1 Å². The lowest BCUT2D eigenvalue weighted by molar-refractivity contribution is -0.0493. The predicted octanol–water partition coefficient (Wildman–Crippen LogP) is 5.52. The van der Waals surface area contributed by atoms with Crippen molar-refractivity contribution in [2.24, 2.45) is 13.0 Å². The fourth-order valence-electron chi connectivity index (χ4n) is 6.23. The summed E-state index contributed by atoms with van der Waals surface area (Å²) in [4.78, 5) is 9.18. The Morgan fingerprint density at radius 3 is 2.41 bits per heavy atom. The summed E-state index contributed by atoms with van der Waals surface area (Å²) in [6, 6.07) is 11.1. The normalized spacial score (nSPS) is 16.8. The first-order valence-electron chi connectivity index (χ1n) is 13.4. The Morgan fingerprint density at radius 1 is 1.10 bits per heavy atom. The third kappa shape index (κ3) is 4.63. The van der Waals surface area contributed by atoms with Crippen LogP contribution < -0.4 is 4.74 Å². The number of alkyl halides is 2. The van der Waals surface area contributed by atoms with Gasteiger partial charge in [-0.3, -0.25) is 4.98 Å². The molecule has 0 amide bonds. The smallest absolute Gasteiger partial charge is 0.248 e. The fraction of sp³-hybridized carbons (Fsp3) is 0.379. The van der Waals surface area contributed by atoms with Crippen LogP contribution in [0.25, 0.3) is 33.2 Å². The zero-order chi connectivity index (χ0) is 29.1. The Labute approximate surface area is 236 Å². The summed E-state index contributed by atoms with van der Waals surface area (Å²) >= 11 is 0. The molecular weight excluding hydrogens is 550 g/mol. The second kappa shape index (κ2) is 9.86. The highest BCUT2D eigenvalue weighted by atomic mass is 32.2. The molecule has 0 spiro atoms. The minimum Gasteiger partial charge on any atom is -0.480 e. The number of fused-ring (bicyclic) bond motifs is 3. The maximum Gasteiger partial charge on any atom is 0.248 e. The molecule has 5 aromatic rings. The van der Waals surface area contributed by atoms with Crippen LogP contribution >= 0.6 is 0 Å². The molecule has 1 aliphatic carbocycles. The molecule has 1 fully saturated rings. The lowest BCUT2D eigenvalue weighted by atomic mass is 9.79. The molecular formula is C29H30F2N6O3S. The molecule has 4 heterocycles. The molecule has 0 aliphatic heterocycles. The van der Waals surface area contributed by atoms with E-state index in [9.17, 15) is 17.2 Å². The van der Waals surface area contributed by atoms with Crippen molar-refractivity contribution >= 4 is 31.8 Å². The number of halogens is 2. The van der Waals surface area contributed by atoms with Crippen molar-refractivity contribution in [3.05, 3.63) is 60.0 Å². The van der Waals surface area contributed by atoms with Crippen LogP contribution in [0.15, 0.2) is 53.7 Å². The van der Waals surface area contributed by atoms with Gasteiger partial charge in [-0.1, -0.05) is 35.5 Å². The monoisotopic (exact) mass is 580 g/mol. The highest BCUT2D eigenvalue weighted by Gasteiger charge is 2.40. The van der Waals surface area contributed by atoms with Gasteiger partial charge in [-0.25, -0.2) is 26.9 Å². The fourth-order valence-corrected chi connectivity index (χ4v) is 7.03. The Bertz CT molecular complexity index is 1860. The number of methoxy groups -OCH3 is 1. The van der Waals surface area contributed by atoms with Gasteiger partial charge in [0.2, 0.25) is 11.8 Å². The van der Waals surface area contributed by atoms with Gasteiger partial charge in [0.15, 0.2) is 9.84 Å². The minimum atomic E-state index is -3.77. The summed E-state index contributed by atoms with van der Waals surface area (Å²) in [5, 5.41) is 8.77. The van der Waals surface area contributed by atoms with Crippen LogP contribution in [0.4, 0.5) is 8.78 Å². The zero-order valence-corrected chi connectivity index (χ0v) is 24.0. The van der Waals surface area contributed by atoms with Crippen LogP contribution in [0, 0.1) is 12.8 Å². The Morgan fingerprint density at radius 2 is 1.80 bits per heavy atom. The molecule has 214 valence electrons. The van der Waals surface area contributed by atoms with E-state index in [1.54, 1.807) is 17.9 Å². The molecule has 1 unspecified atom stereocenters. The van der Waals surface area contributed by atoms with Gasteiger partial charge in [0.1, 0.15) is 10.4 Å². The molecule has 41 heavy (non-hydrogen) atoms. The van der Waals surface area contributed by atoms with Crippen molar-refractivity contribution in [1.82, 2.24) is 29.5 Å². The second-order valence-corrected chi connectivity index (χ2v) is 12.8. The van der Waals surface area contributed by atoms with Crippen LogP contribution in [0.3, 0.4) is 0 Å². The highest BCUT2D eigenvalue weighted by molar-refractivity contribution is 7.91. The summed E-state index contributed by atoms with van der Waals surface area (Å²) in [6.07, 6.45) is 4.24. The Balaban J connectivity index is 1.76. The summed E-state index contributed by atoms with van der Waals surface area (Å²) in [6.45, 7) is 1.85. The number of hydrogen-bond acceptors (Lipinski definition) is 7. The number of rotatable bonds is 6. The van der Waals surface area contributed by atoms with Gasteiger partial charge in [0, 0.05) is 37.9 Å². The van der Waals surface area contributed by atoms with Gasteiger partial charge in [0.25, 0.3) is 0 Å². The molecule has 9 nitrogen and oxygen atoms in total. The van der Waals surface area contributed by atoms with Crippen LogP contribution in [-0.2, 0) is 16.9 Å². The molecule has 0 N–H and O–H groups in total. The van der Waals surface area contributed by atoms with Crippen molar-refractivity contribution in [2.75, 3.05) is 13.4 Å². The summed E-state index contributed by atoms with van der Waals surface area (Å²) in [7, 11) is -0.502. The minimum absolute atomic E-state index is 0.0216. The predicted molar refractivity (Wildman–Crippen MR) is 151 cm³/mol. The number of hydrogen-bond donors (Lipinski definition) is 0. The number of aryl methyl sites for hydroxylation is 2. The van der Waals surface area contributed by atoms with Gasteiger partial charge in [-0.15, -0.1) is 5.10 Å². The molecule has 0 saturated heterocycles. The number of nitrogens with zero attached hydrogens (tertiary/aromatic N) is 6. The first-order valence-corrected chi connectivity index (χ1v) is 15.3. The quantitative estimate of drug-likeness (QED) is 0.261. The molecule has 0 radical (unpaired) electrons. The van der Waals surface area contributed by atoms with Gasteiger partial charge in [-0.2, -0.15) is 0 Å². The summed E-state index contributed by atoms with van der Waals surface area (Å²) in [5.41, 5.74) is 4.64. The van der Waals surface area contributed by atoms with Crippen molar-refractivity contribution in [2.45, 2.75) is 49.5 Å². The number of benzene rings is 1. The van der Waals surface area contributed by atoms with E-state index in [1.807, 2.05) is 47.9 Å². The topological polar surface area (TPSA) is 105 Å². The number of aromatic nitrogens is 6. The molecule has 4 aromatic heterocycles. The first kappa shape index (κ1) is 27.3. The third-order valence-electron chi connectivity index (χ3n) is 8.08. The van der Waals surface area contributed by atoms with Crippen LogP contribution in [0.1, 0.15) is 43.0 Å². The van der Waals surface area contributed by atoms with E-state index in [4.69, 9.17) is 9.72 Å². The van der Waals surface area contributed by atoms with E-state index < -0.39 is 21.8 Å². The molecule has 12 heteroatoms. The molecule has 1 aromatic carbocycles. The van der Waals surface area contributed by atoms with E-state index in [-0.39, 0.29) is 42.4 Å². The van der Waals surface area contributed by atoms with Gasteiger partial charge in [0.05, 0.1) is 47.2 Å². The van der Waals surface area contributed by atoms with Crippen LogP contribution in [0.2, 0.25) is 0 Å². The number of pyridine rings is 2. The maximum absolute atomic E-state index is 14.4. The van der Waals surface area contributed by atoms with E-state index in [0.29, 0.717) is 27.6 Å². The summed E-state index contributed by atoms with van der Waals surface area (Å²) < 4.78 is 64.4. The Hall–Kier alpha value is -3.93. The average molecular weight is 581 g/mol. The average Bonchev–Trinajstić information content (AvgIpc) is 3.45. The lowest BCUT2D eigenvalue weighted by Gasteiger charge is -2.36. The second-order valence-electron chi connectivity index (χ2n) is 10.8. The highest BCUT2D eigenvalue weighted by Crippen LogP contribution is 2.48. The van der Waals surface area contributed by atoms with Crippen LogP contribution in [0.5, 0.6) is 5.88 Å². The van der Waals surface area contributed by atoms with Crippen molar-refractivity contribution in [3.8, 4) is 17.1 Å². The lowest BCUT2D eigenvalue weighted by Crippen LogP contribution is -2.30. The summed E-state index contributed by atoms with van der Waals surface area (Å²) in [5.74, 6) is -2.68. The third-order valence-corrected chi connectivity index (χ3v) is 9.17. The molecule has 6 rings (SSSR count). The SMILES string of the molecule is COc1ncc(S(C)(=O)=O)c2c1c1ncc(-c3c(C)nnn3C)cc1n2C(c1ccccc1)C1CCC(F)(F)CC1. The van der Waals surface area contributed by atoms with E-state index in [1.165, 1.54) is 13.3 Å². The van der Waals surface area contributed by atoms with Crippen LogP contribution in [-0.4, -0.2) is 57.2 Å². The largest absolute Gasteiger partial charge is 0.480 e. The standard InChI is InChI=1S/C29H30F2N6O3S/c1-17-25(36(2)35-34-17)20-14-21-24(32-15-20)23-27(22(41(4,38)39)16-33-28(23)40-3)37(21)26(18-8-6-5-7-9-18)19-10-12-29(30,31)13-11-19/h5-9,14-16,19,26H,10-13H2,1-4H3. The number of sulfone groups is 1. The Kier molecular flexibility index (Phi) is 6.55. The van der Waals surface area contributed by atoms with Crippen molar-refractivity contribution < 1.29 is 21.9 Å². The molecule has 1 atom stereocenters.